The molecule has 0 aliphatic rings. The normalized spacial score (nSPS) is 13.8. The molecule has 0 aliphatic heterocycles. The van der Waals surface area contributed by atoms with E-state index >= 15 is 0 Å². The van der Waals surface area contributed by atoms with Gasteiger partial charge in [-0.25, -0.2) is 8.78 Å². The van der Waals surface area contributed by atoms with Crippen LogP contribution in [0.2, 0.25) is 0 Å². The smallest absolute Gasteiger partial charge is 0.128 e. The third-order valence-electron chi connectivity index (χ3n) is 3.87. The summed E-state index contributed by atoms with van der Waals surface area (Å²) < 4.78 is 27.8. The first-order chi connectivity index (χ1) is 9.21. The van der Waals surface area contributed by atoms with Crippen LogP contribution < -0.4 is 5.73 Å². The second-order valence-corrected chi connectivity index (χ2v) is 6.23. The zero-order valence-electron chi connectivity index (χ0n) is 13.1. The summed E-state index contributed by atoms with van der Waals surface area (Å²) in [6, 6.07) is 2.40. The Hall–Kier alpha value is -1.00. The van der Waals surface area contributed by atoms with E-state index < -0.39 is 0 Å². The summed E-state index contributed by atoms with van der Waals surface area (Å²) in [4.78, 5) is 2.13. The van der Waals surface area contributed by atoms with Crippen LogP contribution in [0.1, 0.15) is 44.9 Å². The minimum atomic E-state index is -0.359. The number of aryl methyl sites for hydroxylation is 1. The van der Waals surface area contributed by atoms with Gasteiger partial charge in [0.05, 0.1) is 0 Å². The van der Waals surface area contributed by atoms with Crippen LogP contribution >= 0.6 is 0 Å². The quantitative estimate of drug-likeness (QED) is 0.864. The average Bonchev–Trinajstić information content (AvgIpc) is 2.39. The van der Waals surface area contributed by atoms with Crippen LogP contribution in [0.5, 0.6) is 0 Å². The molecule has 1 unspecified atom stereocenters. The van der Waals surface area contributed by atoms with E-state index in [1.807, 2.05) is 13.8 Å². The standard InChI is InChI=1S/C16H26F2N2/c1-6-20(10-16(4,5)9-19)12(3)13-8-14(17)11(2)7-15(13)18/h7-8,12H,6,9-10,19H2,1-5H3. The Morgan fingerprint density at radius 1 is 1.25 bits per heavy atom. The Morgan fingerprint density at radius 3 is 2.35 bits per heavy atom. The van der Waals surface area contributed by atoms with Gasteiger partial charge in [-0.15, -0.1) is 0 Å². The minimum absolute atomic E-state index is 0.0516. The van der Waals surface area contributed by atoms with E-state index in [0.717, 1.165) is 13.1 Å². The zero-order valence-corrected chi connectivity index (χ0v) is 13.1. The summed E-state index contributed by atoms with van der Waals surface area (Å²) in [6.07, 6.45) is 0. The molecule has 20 heavy (non-hydrogen) atoms. The van der Waals surface area contributed by atoms with Gasteiger partial charge in [-0.05, 0) is 50.0 Å². The molecule has 1 rings (SSSR count). The van der Waals surface area contributed by atoms with E-state index in [4.69, 9.17) is 5.73 Å². The van der Waals surface area contributed by atoms with Crippen LogP contribution in [-0.2, 0) is 0 Å². The molecule has 0 heterocycles. The van der Waals surface area contributed by atoms with Crippen molar-refractivity contribution in [1.82, 2.24) is 4.90 Å². The Morgan fingerprint density at radius 2 is 1.85 bits per heavy atom. The summed E-state index contributed by atoms with van der Waals surface area (Å²) in [7, 11) is 0. The predicted octanol–water partition coefficient (Wildman–Crippen LogP) is 3.64. The van der Waals surface area contributed by atoms with E-state index in [-0.39, 0.29) is 23.1 Å². The molecule has 0 saturated carbocycles. The van der Waals surface area contributed by atoms with Gasteiger partial charge < -0.3 is 5.73 Å². The lowest BCUT2D eigenvalue weighted by Crippen LogP contribution is -2.40. The molecule has 0 saturated heterocycles. The molecule has 114 valence electrons. The van der Waals surface area contributed by atoms with Crippen molar-refractivity contribution < 1.29 is 8.78 Å². The topological polar surface area (TPSA) is 29.3 Å². The first-order valence-corrected chi connectivity index (χ1v) is 7.11. The molecular formula is C16H26F2N2. The lowest BCUT2D eigenvalue weighted by molar-refractivity contribution is 0.145. The van der Waals surface area contributed by atoms with E-state index in [9.17, 15) is 8.78 Å². The van der Waals surface area contributed by atoms with Gasteiger partial charge in [0.15, 0.2) is 0 Å². The van der Waals surface area contributed by atoms with Crippen molar-refractivity contribution in [2.45, 2.75) is 40.7 Å². The Kier molecular flexibility index (Phi) is 5.66. The first-order valence-electron chi connectivity index (χ1n) is 7.11. The maximum absolute atomic E-state index is 14.1. The highest BCUT2D eigenvalue weighted by atomic mass is 19.1. The average molecular weight is 284 g/mol. The lowest BCUT2D eigenvalue weighted by Gasteiger charge is -2.35. The molecule has 0 aliphatic carbocycles. The summed E-state index contributed by atoms with van der Waals surface area (Å²) in [5.41, 5.74) is 6.45. The highest BCUT2D eigenvalue weighted by Crippen LogP contribution is 2.28. The van der Waals surface area contributed by atoms with Crippen LogP contribution in [0.3, 0.4) is 0 Å². The summed E-state index contributed by atoms with van der Waals surface area (Å²) in [5.74, 6) is -0.706. The fourth-order valence-electron chi connectivity index (χ4n) is 2.32. The number of hydrogen-bond donors (Lipinski definition) is 1. The zero-order chi connectivity index (χ0) is 15.5. The lowest BCUT2D eigenvalue weighted by atomic mass is 9.91. The third-order valence-corrected chi connectivity index (χ3v) is 3.87. The fourth-order valence-corrected chi connectivity index (χ4v) is 2.32. The molecule has 0 spiro atoms. The van der Waals surface area contributed by atoms with E-state index in [1.165, 1.54) is 12.1 Å². The van der Waals surface area contributed by atoms with Crippen molar-refractivity contribution in [3.63, 3.8) is 0 Å². The van der Waals surface area contributed by atoms with Crippen molar-refractivity contribution in [2.24, 2.45) is 11.1 Å². The van der Waals surface area contributed by atoms with Gasteiger partial charge in [-0.2, -0.15) is 0 Å². The van der Waals surface area contributed by atoms with E-state index in [2.05, 4.69) is 18.7 Å². The maximum Gasteiger partial charge on any atom is 0.128 e. The van der Waals surface area contributed by atoms with Gasteiger partial charge in [0, 0.05) is 18.2 Å². The van der Waals surface area contributed by atoms with Crippen molar-refractivity contribution >= 4 is 0 Å². The molecule has 1 aromatic carbocycles. The molecule has 0 bridgehead atoms. The third kappa shape index (κ3) is 4.00. The van der Waals surface area contributed by atoms with Gasteiger partial charge in [0.2, 0.25) is 0 Å². The minimum Gasteiger partial charge on any atom is -0.330 e. The highest BCUT2D eigenvalue weighted by molar-refractivity contribution is 5.27. The largest absolute Gasteiger partial charge is 0.330 e. The summed E-state index contributed by atoms with van der Waals surface area (Å²) in [5, 5.41) is 0. The molecule has 1 atom stereocenters. The Labute approximate surface area is 121 Å². The molecule has 2 N–H and O–H groups in total. The van der Waals surface area contributed by atoms with Crippen molar-refractivity contribution in [3.8, 4) is 0 Å². The van der Waals surface area contributed by atoms with E-state index in [0.29, 0.717) is 17.7 Å². The van der Waals surface area contributed by atoms with E-state index in [1.54, 1.807) is 6.92 Å². The van der Waals surface area contributed by atoms with Crippen LogP contribution in [0.15, 0.2) is 12.1 Å². The summed E-state index contributed by atoms with van der Waals surface area (Å²) >= 11 is 0. The van der Waals surface area contributed by atoms with Crippen molar-refractivity contribution in [1.29, 1.82) is 0 Å². The molecule has 0 amide bonds. The van der Waals surface area contributed by atoms with Gasteiger partial charge in [0.25, 0.3) is 0 Å². The molecule has 1 aromatic rings. The monoisotopic (exact) mass is 284 g/mol. The fraction of sp³-hybridized carbons (Fsp3) is 0.625. The van der Waals surface area contributed by atoms with Crippen LogP contribution in [0.25, 0.3) is 0 Å². The Bertz CT molecular complexity index is 458. The predicted molar refractivity (Wildman–Crippen MR) is 79.6 cm³/mol. The molecule has 0 radical (unpaired) electrons. The van der Waals surface area contributed by atoms with Gasteiger partial charge in [0.1, 0.15) is 11.6 Å². The van der Waals surface area contributed by atoms with Crippen LogP contribution in [0.4, 0.5) is 8.78 Å². The van der Waals surface area contributed by atoms with Crippen LogP contribution in [0, 0.1) is 24.0 Å². The molecule has 0 fully saturated rings. The number of hydrogen-bond acceptors (Lipinski definition) is 2. The highest BCUT2D eigenvalue weighted by Gasteiger charge is 2.25. The van der Waals surface area contributed by atoms with Gasteiger partial charge in [-0.1, -0.05) is 20.8 Å². The molecular weight excluding hydrogens is 258 g/mol. The van der Waals surface area contributed by atoms with Gasteiger partial charge >= 0.3 is 0 Å². The SMILES string of the molecule is CCN(CC(C)(C)CN)C(C)c1cc(F)c(C)cc1F. The van der Waals surface area contributed by atoms with Crippen LogP contribution in [-0.4, -0.2) is 24.5 Å². The van der Waals surface area contributed by atoms with Gasteiger partial charge in [-0.3, -0.25) is 4.90 Å². The number of nitrogens with zero attached hydrogens (tertiary/aromatic N) is 1. The molecule has 0 aromatic heterocycles. The number of halogens is 2. The second kappa shape index (κ2) is 6.64. The maximum atomic E-state index is 14.1. The first kappa shape index (κ1) is 17.1. The number of benzene rings is 1. The number of rotatable bonds is 6. The van der Waals surface area contributed by atoms with Crippen molar-refractivity contribution in [3.05, 3.63) is 34.9 Å². The Balaban J connectivity index is 3.02. The molecule has 4 heteroatoms. The molecule has 2 nitrogen and oxygen atoms in total. The van der Waals surface area contributed by atoms with Crippen molar-refractivity contribution in [2.75, 3.05) is 19.6 Å². The second-order valence-electron chi connectivity index (χ2n) is 6.23. The summed E-state index contributed by atoms with van der Waals surface area (Å²) in [6.45, 7) is 11.7. The number of nitrogens with two attached hydrogens (primary N) is 1.